The monoisotopic (exact) mass is 403 g/mol. The molecule has 112 valence electrons. The molecule has 0 aromatic heterocycles. The van der Waals surface area contributed by atoms with E-state index >= 15 is 0 Å². The second-order valence-corrected chi connectivity index (χ2v) is 7.19. The van der Waals surface area contributed by atoms with Crippen LogP contribution < -0.4 is 11.1 Å². The summed E-state index contributed by atoms with van der Waals surface area (Å²) in [7, 11) is -2.96. The summed E-state index contributed by atoms with van der Waals surface area (Å²) < 4.78 is 28.2. The van der Waals surface area contributed by atoms with Crippen LogP contribution in [-0.2, 0) is 14.6 Å². The zero-order valence-corrected chi connectivity index (χ0v) is 14.0. The smallest absolute Gasteiger partial charge is 0.188 e. The van der Waals surface area contributed by atoms with E-state index in [2.05, 4.69) is 10.3 Å². The maximum atomic E-state index is 11.4. The zero-order chi connectivity index (χ0) is 13.0. The standard InChI is InChI=1S/C11H21N3O3S.HI/c12-11(14-9-3-1-2-4-9)13-7-10-8-18(15,16)6-5-17-10;/h9-10H,1-8H2,(H3,12,13,14);1H. The average molecular weight is 403 g/mol. The molecule has 0 aromatic carbocycles. The number of rotatable bonds is 3. The van der Waals surface area contributed by atoms with Crippen molar-refractivity contribution in [3.05, 3.63) is 0 Å². The second kappa shape index (κ2) is 7.63. The molecule has 1 aliphatic heterocycles. The fourth-order valence-corrected chi connectivity index (χ4v) is 3.67. The van der Waals surface area contributed by atoms with Gasteiger partial charge in [0.2, 0.25) is 0 Å². The lowest BCUT2D eigenvalue weighted by atomic mass is 10.2. The van der Waals surface area contributed by atoms with E-state index in [1.165, 1.54) is 12.8 Å². The Labute approximate surface area is 131 Å². The fraction of sp³-hybridized carbons (Fsp3) is 0.909. The van der Waals surface area contributed by atoms with Gasteiger partial charge in [-0.3, -0.25) is 4.99 Å². The van der Waals surface area contributed by atoms with E-state index in [-0.39, 0.29) is 48.2 Å². The lowest BCUT2D eigenvalue weighted by Gasteiger charge is -2.21. The van der Waals surface area contributed by atoms with Crippen molar-refractivity contribution >= 4 is 39.8 Å². The zero-order valence-electron chi connectivity index (χ0n) is 10.9. The lowest BCUT2D eigenvalue weighted by Crippen LogP contribution is -2.41. The maximum absolute atomic E-state index is 11.4. The van der Waals surface area contributed by atoms with Crippen molar-refractivity contribution in [1.29, 1.82) is 0 Å². The molecule has 19 heavy (non-hydrogen) atoms. The number of sulfone groups is 1. The van der Waals surface area contributed by atoms with Gasteiger partial charge in [0.1, 0.15) is 0 Å². The molecule has 0 radical (unpaired) electrons. The van der Waals surface area contributed by atoms with Crippen molar-refractivity contribution in [2.24, 2.45) is 10.7 Å². The molecule has 0 bridgehead atoms. The van der Waals surface area contributed by atoms with Gasteiger partial charge in [-0.25, -0.2) is 8.42 Å². The molecule has 2 aliphatic rings. The highest BCUT2D eigenvalue weighted by Crippen LogP contribution is 2.17. The number of nitrogens with zero attached hydrogens (tertiary/aromatic N) is 1. The first-order valence-electron chi connectivity index (χ1n) is 6.44. The van der Waals surface area contributed by atoms with Gasteiger partial charge in [-0.05, 0) is 12.8 Å². The first-order valence-corrected chi connectivity index (χ1v) is 8.26. The average Bonchev–Trinajstić information content (AvgIpc) is 2.78. The van der Waals surface area contributed by atoms with Crippen molar-refractivity contribution in [3.8, 4) is 0 Å². The number of hydrogen-bond acceptors (Lipinski definition) is 4. The molecular weight excluding hydrogens is 381 g/mol. The number of halogens is 1. The minimum absolute atomic E-state index is 0. The van der Waals surface area contributed by atoms with E-state index in [1.54, 1.807) is 0 Å². The molecule has 1 atom stereocenters. The Balaban J connectivity index is 0.00000180. The highest BCUT2D eigenvalue weighted by Gasteiger charge is 2.25. The molecule has 6 nitrogen and oxygen atoms in total. The summed E-state index contributed by atoms with van der Waals surface area (Å²) in [6.07, 6.45) is 4.37. The van der Waals surface area contributed by atoms with Crippen LogP contribution in [0.1, 0.15) is 25.7 Å². The van der Waals surface area contributed by atoms with Crippen LogP contribution in [0.15, 0.2) is 4.99 Å². The van der Waals surface area contributed by atoms with E-state index in [4.69, 9.17) is 10.5 Å². The van der Waals surface area contributed by atoms with Crippen molar-refractivity contribution in [3.63, 3.8) is 0 Å². The first-order chi connectivity index (χ1) is 8.55. The Morgan fingerprint density at radius 1 is 1.37 bits per heavy atom. The second-order valence-electron chi connectivity index (χ2n) is 4.96. The van der Waals surface area contributed by atoms with Crippen LogP contribution in [0.5, 0.6) is 0 Å². The van der Waals surface area contributed by atoms with Crippen LogP contribution in [0, 0.1) is 0 Å². The van der Waals surface area contributed by atoms with Crippen LogP contribution in [0.3, 0.4) is 0 Å². The van der Waals surface area contributed by atoms with Crippen LogP contribution in [0.2, 0.25) is 0 Å². The van der Waals surface area contributed by atoms with Gasteiger partial charge in [0, 0.05) is 6.04 Å². The molecule has 8 heteroatoms. The first kappa shape index (κ1) is 17.0. The molecule has 1 saturated heterocycles. The van der Waals surface area contributed by atoms with E-state index in [9.17, 15) is 8.42 Å². The number of nitrogens with two attached hydrogens (primary N) is 1. The molecule has 0 amide bonds. The highest BCUT2D eigenvalue weighted by atomic mass is 127. The van der Waals surface area contributed by atoms with E-state index in [1.807, 2.05) is 0 Å². The predicted octanol–water partition coefficient (Wildman–Crippen LogP) is 0.265. The normalized spacial score (nSPS) is 27.8. The van der Waals surface area contributed by atoms with E-state index in [0.717, 1.165) is 12.8 Å². The Morgan fingerprint density at radius 2 is 2.05 bits per heavy atom. The molecular formula is C11H22IN3O3S. The topological polar surface area (TPSA) is 93.8 Å². The number of aliphatic imine (C=N–C) groups is 1. The molecule has 0 spiro atoms. The Morgan fingerprint density at radius 3 is 2.68 bits per heavy atom. The molecule has 3 N–H and O–H groups in total. The summed E-state index contributed by atoms with van der Waals surface area (Å²) in [4.78, 5) is 4.17. The number of nitrogens with one attached hydrogen (secondary N) is 1. The largest absolute Gasteiger partial charge is 0.374 e. The fourth-order valence-electron chi connectivity index (χ4n) is 2.39. The van der Waals surface area contributed by atoms with Gasteiger partial charge in [0.25, 0.3) is 0 Å². The van der Waals surface area contributed by atoms with Gasteiger partial charge in [0.05, 0.1) is 30.8 Å². The van der Waals surface area contributed by atoms with Crippen molar-refractivity contribution < 1.29 is 13.2 Å². The highest BCUT2D eigenvalue weighted by molar-refractivity contribution is 14.0. The molecule has 2 rings (SSSR count). The van der Waals surface area contributed by atoms with Crippen molar-refractivity contribution in [1.82, 2.24) is 5.32 Å². The molecule has 1 saturated carbocycles. The van der Waals surface area contributed by atoms with Gasteiger partial charge in [-0.2, -0.15) is 0 Å². The molecule has 2 fully saturated rings. The number of guanidine groups is 1. The van der Waals surface area contributed by atoms with E-state index in [0.29, 0.717) is 18.5 Å². The summed E-state index contributed by atoms with van der Waals surface area (Å²) in [5.74, 6) is 0.560. The van der Waals surface area contributed by atoms with Crippen molar-refractivity contribution in [2.45, 2.75) is 37.8 Å². The molecule has 0 aromatic rings. The van der Waals surface area contributed by atoms with Crippen LogP contribution in [0.25, 0.3) is 0 Å². The quantitative estimate of drug-likeness (QED) is 0.401. The SMILES string of the molecule is I.NC(=NCC1CS(=O)(=O)CCO1)NC1CCCC1. The predicted molar refractivity (Wildman–Crippen MR) is 85.7 cm³/mol. The summed E-state index contributed by atoms with van der Waals surface area (Å²) >= 11 is 0. The third kappa shape index (κ3) is 5.82. The van der Waals surface area contributed by atoms with Gasteiger partial charge in [0.15, 0.2) is 15.8 Å². The summed E-state index contributed by atoms with van der Waals surface area (Å²) in [6.45, 7) is 0.573. The van der Waals surface area contributed by atoms with E-state index < -0.39 is 9.84 Å². The summed E-state index contributed by atoms with van der Waals surface area (Å²) in [5, 5.41) is 3.16. The molecule has 1 heterocycles. The minimum Gasteiger partial charge on any atom is -0.374 e. The van der Waals surface area contributed by atoms with Crippen molar-refractivity contribution in [2.75, 3.05) is 24.7 Å². The minimum atomic E-state index is -2.96. The molecule has 1 aliphatic carbocycles. The number of ether oxygens (including phenoxy) is 1. The van der Waals surface area contributed by atoms with Gasteiger partial charge < -0.3 is 15.8 Å². The van der Waals surface area contributed by atoms with Crippen LogP contribution in [0.4, 0.5) is 0 Å². The Kier molecular flexibility index (Phi) is 6.81. The van der Waals surface area contributed by atoms with Gasteiger partial charge in [-0.15, -0.1) is 24.0 Å². The Bertz CT molecular complexity index is 407. The van der Waals surface area contributed by atoms with Crippen LogP contribution in [-0.4, -0.2) is 51.2 Å². The Hall–Kier alpha value is -0.0900. The summed E-state index contributed by atoms with van der Waals surface area (Å²) in [5.41, 5.74) is 5.77. The lowest BCUT2D eigenvalue weighted by molar-refractivity contribution is 0.0782. The van der Waals surface area contributed by atoms with Gasteiger partial charge >= 0.3 is 0 Å². The molecule has 1 unspecified atom stereocenters. The third-order valence-corrected chi connectivity index (χ3v) is 5.03. The number of hydrogen-bond donors (Lipinski definition) is 2. The maximum Gasteiger partial charge on any atom is 0.188 e. The third-order valence-electron chi connectivity index (χ3n) is 3.36. The van der Waals surface area contributed by atoms with Crippen LogP contribution >= 0.6 is 24.0 Å². The van der Waals surface area contributed by atoms with Gasteiger partial charge in [-0.1, -0.05) is 12.8 Å². The summed E-state index contributed by atoms with van der Waals surface area (Å²) in [6, 6.07) is 0.421.